The van der Waals surface area contributed by atoms with E-state index in [9.17, 15) is 4.79 Å². The molecule has 0 unspecified atom stereocenters. The maximum Gasteiger partial charge on any atom is 0.253 e. The van der Waals surface area contributed by atoms with E-state index in [0.717, 1.165) is 31.5 Å². The van der Waals surface area contributed by atoms with Gasteiger partial charge in [0.05, 0.1) is 0 Å². The predicted molar refractivity (Wildman–Crippen MR) is 67.7 cm³/mol. The Morgan fingerprint density at radius 3 is 2.12 bits per heavy atom. The molecule has 2 nitrogen and oxygen atoms in total. The van der Waals surface area contributed by atoms with Crippen LogP contribution in [0.2, 0.25) is 0 Å². The van der Waals surface area contributed by atoms with Crippen molar-refractivity contribution in [3.05, 3.63) is 35.4 Å². The van der Waals surface area contributed by atoms with Gasteiger partial charge in [0.15, 0.2) is 0 Å². The van der Waals surface area contributed by atoms with E-state index >= 15 is 0 Å². The van der Waals surface area contributed by atoms with Gasteiger partial charge in [-0.3, -0.25) is 4.79 Å². The first-order valence-corrected chi connectivity index (χ1v) is 6.11. The smallest absolute Gasteiger partial charge is 0.253 e. The number of hydrogen-bond acceptors (Lipinski definition) is 1. The van der Waals surface area contributed by atoms with Crippen molar-refractivity contribution in [3.63, 3.8) is 0 Å². The van der Waals surface area contributed by atoms with Crippen LogP contribution in [0, 0.1) is 0 Å². The number of amides is 1. The monoisotopic (exact) mass is 308 g/mol. The van der Waals surface area contributed by atoms with Crippen LogP contribution in [-0.4, -0.2) is 23.9 Å². The molecule has 1 radical (unpaired) electrons. The van der Waals surface area contributed by atoms with Crippen molar-refractivity contribution in [2.75, 3.05) is 13.1 Å². The largest absolute Gasteiger partial charge is 0.339 e. The van der Waals surface area contributed by atoms with E-state index in [1.807, 2.05) is 36.1 Å². The second kappa shape index (κ2) is 8.82. The maximum atomic E-state index is 12.1. The van der Waals surface area contributed by atoms with Gasteiger partial charge in [-0.1, -0.05) is 26.0 Å². The van der Waals surface area contributed by atoms with E-state index < -0.39 is 0 Å². The van der Waals surface area contributed by atoms with Crippen LogP contribution >= 0.6 is 0 Å². The molecule has 0 spiro atoms. The third kappa shape index (κ3) is 4.89. The van der Waals surface area contributed by atoms with Gasteiger partial charge in [0.25, 0.3) is 5.91 Å². The summed E-state index contributed by atoms with van der Waals surface area (Å²) in [6, 6.07) is 7.93. The van der Waals surface area contributed by atoms with E-state index in [1.54, 1.807) is 0 Å². The van der Waals surface area contributed by atoms with E-state index in [-0.39, 0.29) is 38.6 Å². The van der Waals surface area contributed by atoms with Gasteiger partial charge < -0.3 is 4.90 Å². The molecule has 0 atom stereocenters. The van der Waals surface area contributed by atoms with Crippen molar-refractivity contribution in [1.82, 2.24) is 4.90 Å². The zero-order valence-electron chi connectivity index (χ0n) is 11.1. The molecule has 0 saturated heterocycles. The molecule has 0 heterocycles. The third-order valence-corrected chi connectivity index (χ3v) is 2.77. The fourth-order valence-corrected chi connectivity index (χ4v) is 1.74. The summed E-state index contributed by atoms with van der Waals surface area (Å²) in [4.78, 5) is 14.0. The molecule has 1 rings (SSSR count). The van der Waals surface area contributed by atoms with Crippen LogP contribution in [0.4, 0.5) is 0 Å². The second-order valence-electron chi connectivity index (χ2n) is 3.94. The van der Waals surface area contributed by atoms with Crippen molar-refractivity contribution in [3.8, 4) is 0 Å². The Morgan fingerprint density at radius 1 is 1.12 bits per heavy atom. The Morgan fingerprint density at radius 2 is 1.71 bits per heavy atom. The molecule has 0 aliphatic carbocycles. The first-order valence-electron chi connectivity index (χ1n) is 6.11. The minimum absolute atomic E-state index is 0. The van der Waals surface area contributed by atoms with Crippen molar-refractivity contribution in [2.24, 2.45) is 0 Å². The quantitative estimate of drug-likeness (QED) is 0.818. The van der Waals surface area contributed by atoms with Gasteiger partial charge in [-0.25, -0.2) is 0 Å². The number of nitrogens with zero attached hydrogens (tertiary/aromatic N) is 1. The van der Waals surface area contributed by atoms with Gasteiger partial charge in [-0.2, -0.15) is 0 Å². The Bertz CT molecular complexity index is 335. The summed E-state index contributed by atoms with van der Waals surface area (Å²) < 4.78 is 0. The van der Waals surface area contributed by atoms with Crippen LogP contribution in [0.25, 0.3) is 0 Å². The molecule has 3 heteroatoms. The molecule has 0 aliphatic heterocycles. The third-order valence-electron chi connectivity index (χ3n) is 2.77. The maximum absolute atomic E-state index is 12.1. The predicted octanol–water partition coefficient (Wildman–Crippen LogP) is 3.12. The van der Waals surface area contributed by atoms with E-state index in [4.69, 9.17) is 0 Å². The standard InChI is InChI=1S/C14H21NO.Y/c1-4-11-15(6-3)14(16)13-9-7-12(5-2)8-10-13;/h7-10H,4-6,11H2,1-3H3;. The second-order valence-corrected chi connectivity index (χ2v) is 3.94. The van der Waals surface area contributed by atoms with Gasteiger partial charge in [-0.05, 0) is 37.5 Å². The molecule has 0 bridgehead atoms. The number of hydrogen-bond donors (Lipinski definition) is 0. The van der Waals surface area contributed by atoms with E-state index in [1.165, 1.54) is 5.56 Å². The summed E-state index contributed by atoms with van der Waals surface area (Å²) in [7, 11) is 0. The van der Waals surface area contributed by atoms with Crippen LogP contribution in [0.5, 0.6) is 0 Å². The minimum atomic E-state index is 0. The number of carbonyl (C=O) groups excluding carboxylic acids is 1. The molecule has 1 aromatic rings. The molecular weight excluding hydrogens is 287 g/mol. The number of carbonyl (C=O) groups is 1. The fourth-order valence-electron chi connectivity index (χ4n) is 1.74. The molecule has 91 valence electrons. The first-order chi connectivity index (χ1) is 7.72. The molecule has 1 amide bonds. The van der Waals surface area contributed by atoms with E-state index in [2.05, 4.69) is 13.8 Å². The van der Waals surface area contributed by atoms with Gasteiger partial charge in [0.2, 0.25) is 0 Å². The van der Waals surface area contributed by atoms with Crippen LogP contribution in [0.15, 0.2) is 24.3 Å². The van der Waals surface area contributed by atoms with Crippen LogP contribution < -0.4 is 0 Å². The summed E-state index contributed by atoms with van der Waals surface area (Å²) in [6.07, 6.45) is 2.02. The van der Waals surface area contributed by atoms with Gasteiger partial charge >= 0.3 is 0 Å². The Hall–Kier alpha value is -0.206. The molecule has 1 aromatic carbocycles. The first kappa shape index (κ1) is 16.8. The van der Waals surface area contributed by atoms with Crippen molar-refractivity contribution >= 4 is 5.91 Å². The zero-order chi connectivity index (χ0) is 12.0. The van der Waals surface area contributed by atoms with Crippen molar-refractivity contribution in [2.45, 2.75) is 33.6 Å². The normalized spacial score (nSPS) is 9.59. The molecule has 0 N–H and O–H groups in total. The molecule has 0 aromatic heterocycles. The average Bonchev–Trinajstić information content (AvgIpc) is 2.35. The molecule has 0 fully saturated rings. The number of rotatable bonds is 5. The minimum Gasteiger partial charge on any atom is -0.339 e. The Labute approximate surface area is 130 Å². The SMILES string of the molecule is CCCN(CC)C(=O)c1ccc(CC)cc1.[Y]. The van der Waals surface area contributed by atoms with Crippen LogP contribution in [0.1, 0.15) is 43.1 Å². The summed E-state index contributed by atoms with van der Waals surface area (Å²) in [5, 5.41) is 0. The Kier molecular flexibility index (Phi) is 8.72. The summed E-state index contributed by atoms with van der Waals surface area (Å²) >= 11 is 0. The summed E-state index contributed by atoms with van der Waals surface area (Å²) in [5.74, 6) is 0.145. The molecule has 17 heavy (non-hydrogen) atoms. The van der Waals surface area contributed by atoms with Crippen LogP contribution in [-0.2, 0) is 39.1 Å². The Balaban J connectivity index is 0.00000256. The fraction of sp³-hybridized carbons (Fsp3) is 0.500. The average molecular weight is 308 g/mol. The van der Waals surface area contributed by atoms with E-state index in [0.29, 0.717) is 0 Å². The van der Waals surface area contributed by atoms with Crippen molar-refractivity contribution < 1.29 is 37.5 Å². The number of benzene rings is 1. The van der Waals surface area contributed by atoms with Crippen molar-refractivity contribution in [1.29, 1.82) is 0 Å². The molecule has 0 saturated carbocycles. The van der Waals surface area contributed by atoms with Crippen LogP contribution in [0.3, 0.4) is 0 Å². The zero-order valence-corrected chi connectivity index (χ0v) is 13.9. The molecular formula is C14H21NOY. The number of aryl methyl sites for hydroxylation is 1. The van der Waals surface area contributed by atoms with Gasteiger partial charge in [-0.15, -0.1) is 0 Å². The molecule has 0 aliphatic rings. The summed E-state index contributed by atoms with van der Waals surface area (Å²) in [6.45, 7) is 7.85. The topological polar surface area (TPSA) is 20.3 Å². The van der Waals surface area contributed by atoms with Gasteiger partial charge in [0.1, 0.15) is 0 Å². The van der Waals surface area contributed by atoms with Gasteiger partial charge in [0, 0.05) is 51.4 Å². The summed E-state index contributed by atoms with van der Waals surface area (Å²) in [5.41, 5.74) is 2.07.